The van der Waals surface area contributed by atoms with Crippen molar-refractivity contribution in [3.63, 3.8) is 0 Å². The minimum absolute atomic E-state index is 0.0242. The van der Waals surface area contributed by atoms with Gasteiger partial charge in [-0.2, -0.15) is 32.3 Å². The molecule has 0 saturated heterocycles. The fourth-order valence-corrected chi connectivity index (χ4v) is 6.63. The van der Waals surface area contributed by atoms with Crippen LogP contribution in [0, 0.1) is 30.1 Å². The number of carbonyl (C=O) groups excluding carboxylic acids is 1. The van der Waals surface area contributed by atoms with E-state index in [0.717, 1.165) is 22.5 Å². The molecule has 2 heterocycles. The number of aryl methyl sites for hydroxylation is 1. The lowest BCUT2D eigenvalue weighted by Gasteiger charge is -2.42. The van der Waals surface area contributed by atoms with Gasteiger partial charge in [0.25, 0.3) is 10.0 Å². The van der Waals surface area contributed by atoms with Crippen molar-refractivity contribution in [2.45, 2.75) is 69.4 Å². The first-order chi connectivity index (χ1) is 19.8. The van der Waals surface area contributed by atoms with Gasteiger partial charge in [-0.3, -0.25) is 14.0 Å². The molecule has 43 heavy (non-hydrogen) atoms. The van der Waals surface area contributed by atoms with Crippen LogP contribution in [0.5, 0.6) is 5.75 Å². The van der Waals surface area contributed by atoms with E-state index < -0.39 is 74.9 Å². The summed E-state index contributed by atoms with van der Waals surface area (Å²) in [5.74, 6) is -1.65. The van der Waals surface area contributed by atoms with Crippen molar-refractivity contribution < 1.29 is 49.8 Å². The Labute approximate surface area is 242 Å². The largest absolute Gasteiger partial charge is 0.484 e. The van der Waals surface area contributed by atoms with Gasteiger partial charge in [-0.05, 0) is 52.3 Å². The highest BCUT2D eigenvalue weighted by Crippen LogP contribution is 2.45. The molecular formula is C25H27F5N6O6S. The maximum Gasteiger partial charge on any atom is 0.412 e. The van der Waals surface area contributed by atoms with Crippen molar-refractivity contribution >= 4 is 33.4 Å². The number of hydrogen-bond acceptors (Lipinski definition) is 7. The molecule has 1 fully saturated rings. The maximum atomic E-state index is 14.0. The summed E-state index contributed by atoms with van der Waals surface area (Å²) in [6, 6.07) is 3.73. The van der Waals surface area contributed by atoms with Crippen LogP contribution in [0.3, 0.4) is 0 Å². The third kappa shape index (κ3) is 5.65. The van der Waals surface area contributed by atoms with Crippen molar-refractivity contribution in [1.29, 1.82) is 5.26 Å². The highest BCUT2D eigenvalue weighted by Gasteiger charge is 2.54. The number of ether oxygens (including phenoxy) is 1. The van der Waals surface area contributed by atoms with Gasteiger partial charge in [0.2, 0.25) is 5.91 Å². The Bertz CT molecular complexity index is 1590. The SMILES string of the molecule is Cc1nn(C(F)F)cc1S(=O)(=O)N1c2cc(N(C(=O)O)C(C)(C)C(F)(F)F)ccc2O[C@@H](CNC(=O)[C@H]2C[C@@H]2C#N)[C@H]1C. The van der Waals surface area contributed by atoms with Crippen LogP contribution in [0.1, 0.15) is 39.4 Å². The molecule has 0 unspecified atom stereocenters. The Hall–Kier alpha value is -4.14. The Morgan fingerprint density at radius 1 is 1.30 bits per heavy atom. The number of benzene rings is 1. The van der Waals surface area contributed by atoms with Crippen LogP contribution in [0.15, 0.2) is 29.3 Å². The number of hydrogen-bond donors (Lipinski definition) is 2. The Kier molecular flexibility index (Phi) is 8.02. The molecule has 234 valence electrons. The van der Waals surface area contributed by atoms with Crippen molar-refractivity contribution in [3.8, 4) is 11.8 Å². The predicted molar refractivity (Wildman–Crippen MR) is 139 cm³/mol. The van der Waals surface area contributed by atoms with Gasteiger partial charge in [0.05, 0.1) is 53.8 Å². The lowest BCUT2D eigenvalue weighted by molar-refractivity contribution is -0.175. The number of halogens is 5. The number of nitriles is 1. The zero-order chi connectivity index (χ0) is 32.2. The number of fused-ring (bicyclic) bond motifs is 1. The molecule has 1 aliphatic heterocycles. The molecule has 2 N–H and O–H groups in total. The van der Waals surface area contributed by atoms with E-state index in [1.54, 1.807) is 0 Å². The van der Waals surface area contributed by atoms with Crippen molar-refractivity contribution in [2.75, 3.05) is 15.7 Å². The molecule has 1 aliphatic carbocycles. The molecule has 2 aromatic rings. The summed E-state index contributed by atoms with van der Waals surface area (Å²) in [4.78, 5) is 23.9. The molecule has 12 nitrogen and oxygen atoms in total. The molecule has 1 saturated carbocycles. The molecule has 1 aromatic carbocycles. The van der Waals surface area contributed by atoms with Crippen LogP contribution in [0.2, 0.25) is 0 Å². The first kappa shape index (κ1) is 31.8. The van der Waals surface area contributed by atoms with Gasteiger partial charge in [0, 0.05) is 0 Å². The van der Waals surface area contributed by atoms with Crippen LogP contribution in [0.4, 0.5) is 38.1 Å². The monoisotopic (exact) mass is 634 g/mol. The fraction of sp³-hybridized carbons (Fsp3) is 0.520. The van der Waals surface area contributed by atoms with E-state index >= 15 is 0 Å². The summed E-state index contributed by atoms with van der Waals surface area (Å²) in [6.07, 6.45) is -7.15. The number of rotatable bonds is 8. The van der Waals surface area contributed by atoms with E-state index in [1.807, 2.05) is 6.07 Å². The van der Waals surface area contributed by atoms with Crippen LogP contribution < -0.4 is 19.3 Å². The van der Waals surface area contributed by atoms with E-state index in [4.69, 9.17) is 10.00 Å². The minimum Gasteiger partial charge on any atom is -0.484 e. The zero-order valence-corrected chi connectivity index (χ0v) is 23.9. The minimum atomic E-state index is -5.03. The summed E-state index contributed by atoms with van der Waals surface area (Å²) in [5.41, 5.74) is -4.17. The number of aromatic nitrogens is 2. The maximum absolute atomic E-state index is 14.0. The van der Waals surface area contributed by atoms with Crippen molar-refractivity contribution in [1.82, 2.24) is 15.1 Å². The first-order valence-electron chi connectivity index (χ1n) is 12.8. The van der Waals surface area contributed by atoms with E-state index in [-0.39, 0.29) is 33.3 Å². The first-order valence-corrected chi connectivity index (χ1v) is 14.2. The molecular weight excluding hydrogens is 607 g/mol. The van der Waals surface area contributed by atoms with Gasteiger partial charge < -0.3 is 15.2 Å². The van der Waals surface area contributed by atoms with Gasteiger partial charge in [0.1, 0.15) is 22.3 Å². The van der Waals surface area contributed by atoms with Gasteiger partial charge in [0.15, 0.2) is 0 Å². The zero-order valence-electron chi connectivity index (χ0n) is 23.1. The highest BCUT2D eigenvalue weighted by atomic mass is 32.2. The predicted octanol–water partition coefficient (Wildman–Crippen LogP) is 4.03. The standard InChI is InChI=1S/C25H27F5N6O6S/c1-12-20(11-34(33-12)22(26)27)43(40,41)36-13(2)19(10-32-21(37)16-7-14(16)9-31)42-18-6-5-15(8-17(18)36)35(23(38)39)24(3,4)25(28,29)30/h5-6,8,11,13-14,16,19,22H,7,10H2,1-4H3,(H,32,37)(H,38,39)/t13-,14-,16+,19+/m1/s1. The second-order valence-corrected chi connectivity index (χ2v) is 12.5. The number of carboxylic acid groups (broad SMARTS) is 1. The van der Waals surface area contributed by atoms with E-state index in [2.05, 4.69) is 10.4 Å². The lowest BCUT2D eigenvalue weighted by Crippen LogP contribution is -2.57. The molecule has 18 heteroatoms. The number of sulfonamides is 1. The van der Waals surface area contributed by atoms with Gasteiger partial charge in [-0.25, -0.2) is 17.9 Å². The summed E-state index contributed by atoms with van der Waals surface area (Å²) in [5, 5.41) is 24.9. The van der Waals surface area contributed by atoms with Crippen LogP contribution in [-0.2, 0) is 14.8 Å². The number of alkyl halides is 5. The number of nitrogens with one attached hydrogen (secondary N) is 1. The van der Waals surface area contributed by atoms with Crippen molar-refractivity contribution in [2.24, 2.45) is 11.8 Å². The molecule has 0 spiro atoms. The number of amides is 2. The van der Waals surface area contributed by atoms with Crippen LogP contribution in [0.25, 0.3) is 0 Å². The topological polar surface area (TPSA) is 158 Å². The summed E-state index contributed by atoms with van der Waals surface area (Å²) in [6.45, 7) is 0.364. The summed E-state index contributed by atoms with van der Waals surface area (Å²) < 4.78 is 103. The molecule has 4 atom stereocenters. The van der Waals surface area contributed by atoms with Gasteiger partial charge in [-0.1, -0.05) is 0 Å². The summed E-state index contributed by atoms with van der Waals surface area (Å²) >= 11 is 0. The Morgan fingerprint density at radius 2 is 1.95 bits per heavy atom. The molecule has 0 radical (unpaired) electrons. The smallest absolute Gasteiger partial charge is 0.412 e. The number of carbonyl (C=O) groups is 2. The average Bonchev–Trinajstić information content (AvgIpc) is 3.58. The van der Waals surface area contributed by atoms with Gasteiger partial charge >= 0.3 is 18.8 Å². The third-order valence-corrected chi connectivity index (χ3v) is 9.45. The van der Waals surface area contributed by atoms with Gasteiger partial charge in [-0.15, -0.1) is 0 Å². The summed E-state index contributed by atoms with van der Waals surface area (Å²) in [7, 11) is -4.79. The second-order valence-electron chi connectivity index (χ2n) is 10.7. The Balaban J connectivity index is 1.82. The number of anilines is 2. The number of nitrogens with zero attached hydrogens (tertiary/aromatic N) is 5. The second kappa shape index (κ2) is 10.8. The van der Waals surface area contributed by atoms with Crippen LogP contribution >= 0.6 is 0 Å². The Morgan fingerprint density at radius 3 is 2.47 bits per heavy atom. The van der Waals surface area contributed by atoms with E-state index in [0.29, 0.717) is 26.5 Å². The molecule has 1 aromatic heterocycles. The van der Waals surface area contributed by atoms with E-state index in [1.165, 1.54) is 13.8 Å². The third-order valence-electron chi connectivity index (χ3n) is 7.45. The average molecular weight is 635 g/mol. The van der Waals surface area contributed by atoms with Crippen LogP contribution in [-0.4, -0.2) is 65.7 Å². The molecule has 0 bridgehead atoms. The lowest BCUT2D eigenvalue weighted by atomic mass is 10.0. The fourth-order valence-electron chi connectivity index (χ4n) is 4.79. The molecule has 4 rings (SSSR count). The molecule has 2 amide bonds. The quantitative estimate of drug-likeness (QED) is 0.412. The molecule has 2 aliphatic rings. The normalized spacial score (nSPS) is 21.9. The van der Waals surface area contributed by atoms with Crippen molar-refractivity contribution in [3.05, 3.63) is 30.1 Å². The van der Waals surface area contributed by atoms with E-state index in [9.17, 15) is 45.1 Å². The highest BCUT2D eigenvalue weighted by molar-refractivity contribution is 7.93.